The summed E-state index contributed by atoms with van der Waals surface area (Å²) in [5.74, 6) is -0.259. The maximum absolute atomic E-state index is 10.7. The Hall–Kier alpha value is -0.393. The van der Waals surface area contributed by atoms with Crippen LogP contribution in [-0.2, 0) is 18.4 Å². The average molecular weight is 248 g/mol. The third-order valence-electron chi connectivity index (χ3n) is 1.83. The molecule has 5 heteroatoms. The second-order valence-corrected chi connectivity index (χ2v) is 7.80. The zero-order valence-corrected chi connectivity index (χ0v) is 12.2. The molecule has 0 heterocycles. The van der Waals surface area contributed by atoms with Crippen molar-refractivity contribution in [1.29, 1.82) is 0 Å². The van der Waals surface area contributed by atoms with E-state index in [0.29, 0.717) is 12.7 Å². The fraction of sp³-hybridized carbons (Fsp3) is 0.909. The molecule has 4 nitrogen and oxygen atoms in total. The summed E-state index contributed by atoms with van der Waals surface area (Å²) in [6.45, 7) is 11.7. The molecule has 0 rings (SSSR count). The zero-order chi connectivity index (χ0) is 12.8. The number of ether oxygens (including phenoxy) is 1. The summed E-state index contributed by atoms with van der Waals surface area (Å²) in [6.07, 6.45) is 0.264. The Labute approximate surface area is 99.5 Å². The Morgan fingerprint density at radius 3 is 1.88 bits per heavy atom. The molecular weight excluding hydrogens is 224 g/mol. The van der Waals surface area contributed by atoms with Crippen molar-refractivity contribution in [2.45, 2.75) is 59.4 Å². The molecule has 0 atom stereocenters. The van der Waals surface area contributed by atoms with Crippen molar-refractivity contribution in [3.05, 3.63) is 0 Å². The standard InChI is InChI=1S/C11H24O4Si/c1-9(2)14-16(6,15-10(3)4)8-7-13-11(5)12/h9-10H,7-8H2,1-6H3. The first-order valence-electron chi connectivity index (χ1n) is 5.74. The first-order valence-corrected chi connectivity index (χ1v) is 8.26. The molecule has 0 fully saturated rings. The first kappa shape index (κ1) is 15.6. The number of carbonyl (C=O) groups excluding carboxylic acids is 1. The molecule has 0 aromatic rings. The van der Waals surface area contributed by atoms with E-state index in [-0.39, 0.29) is 18.2 Å². The molecule has 0 amide bonds. The number of rotatable bonds is 7. The summed E-state index contributed by atoms with van der Waals surface area (Å²) in [5.41, 5.74) is 0. The van der Waals surface area contributed by atoms with Gasteiger partial charge in [0.1, 0.15) is 0 Å². The van der Waals surface area contributed by atoms with E-state index in [1.807, 2.05) is 34.2 Å². The molecule has 0 aromatic carbocycles. The van der Waals surface area contributed by atoms with Gasteiger partial charge in [0.15, 0.2) is 0 Å². The van der Waals surface area contributed by atoms with E-state index in [1.165, 1.54) is 6.92 Å². The molecule has 0 N–H and O–H groups in total. The number of hydrogen-bond acceptors (Lipinski definition) is 4. The molecule has 96 valence electrons. The topological polar surface area (TPSA) is 44.8 Å². The molecule has 0 aliphatic rings. The monoisotopic (exact) mass is 248 g/mol. The van der Waals surface area contributed by atoms with Gasteiger partial charge in [0.2, 0.25) is 0 Å². The minimum Gasteiger partial charge on any atom is -0.466 e. The van der Waals surface area contributed by atoms with Crippen LogP contribution < -0.4 is 0 Å². The molecule has 0 radical (unpaired) electrons. The van der Waals surface area contributed by atoms with Crippen LogP contribution in [0.1, 0.15) is 34.6 Å². The van der Waals surface area contributed by atoms with Crippen LogP contribution in [0.4, 0.5) is 0 Å². The lowest BCUT2D eigenvalue weighted by Gasteiger charge is -2.30. The van der Waals surface area contributed by atoms with E-state index in [1.54, 1.807) is 0 Å². The van der Waals surface area contributed by atoms with Gasteiger partial charge in [-0.1, -0.05) is 0 Å². The van der Waals surface area contributed by atoms with Gasteiger partial charge < -0.3 is 13.6 Å². The molecule has 0 aromatic heterocycles. The fourth-order valence-corrected chi connectivity index (χ4v) is 4.28. The average Bonchev–Trinajstić information content (AvgIpc) is 1.98. The summed E-state index contributed by atoms with van der Waals surface area (Å²) in [4.78, 5) is 10.7. The molecule has 0 saturated heterocycles. The van der Waals surface area contributed by atoms with Gasteiger partial charge in [-0.2, -0.15) is 0 Å². The number of hydrogen-bond donors (Lipinski definition) is 0. The van der Waals surface area contributed by atoms with E-state index in [9.17, 15) is 4.79 Å². The van der Waals surface area contributed by atoms with Gasteiger partial charge in [0.05, 0.1) is 6.61 Å². The highest BCUT2D eigenvalue weighted by Crippen LogP contribution is 2.18. The Morgan fingerprint density at radius 1 is 1.12 bits per heavy atom. The van der Waals surface area contributed by atoms with Crippen LogP contribution in [0.3, 0.4) is 0 Å². The Morgan fingerprint density at radius 2 is 1.56 bits per heavy atom. The Balaban J connectivity index is 4.23. The van der Waals surface area contributed by atoms with E-state index in [4.69, 9.17) is 13.6 Å². The van der Waals surface area contributed by atoms with Crippen molar-refractivity contribution in [3.8, 4) is 0 Å². The van der Waals surface area contributed by atoms with Crippen LogP contribution in [-0.4, -0.2) is 33.3 Å². The molecule has 0 saturated carbocycles. The molecule has 0 bridgehead atoms. The van der Waals surface area contributed by atoms with Crippen molar-refractivity contribution < 1.29 is 18.4 Å². The quantitative estimate of drug-likeness (QED) is 0.513. The van der Waals surface area contributed by atoms with Gasteiger partial charge in [-0.3, -0.25) is 4.79 Å². The van der Waals surface area contributed by atoms with E-state index >= 15 is 0 Å². The fourth-order valence-electron chi connectivity index (χ4n) is 1.52. The maximum Gasteiger partial charge on any atom is 0.338 e. The predicted molar refractivity (Wildman–Crippen MR) is 65.5 cm³/mol. The van der Waals surface area contributed by atoms with Crippen LogP contribution in [0.5, 0.6) is 0 Å². The summed E-state index contributed by atoms with van der Waals surface area (Å²) >= 11 is 0. The van der Waals surface area contributed by atoms with Crippen molar-refractivity contribution in [1.82, 2.24) is 0 Å². The van der Waals surface area contributed by atoms with Crippen molar-refractivity contribution in [2.24, 2.45) is 0 Å². The van der Waals surface area contributed by atoms with Crippen molar-refractivity contribution in [2.75, 3.05) is 6.61 Å². The molecule has 16 heavy (non-hydrogen) atoms. The Bertz CT molecular complexity index is 206. The SMILES string of the molecule is CC(=O)OCC[Si](C)(OC(C)C)OC(C)C. The number of carbonyl (C=O) groups is 1. The molecule has 0 unspecified atom stereocenters. The molecule has 0 aliphatic carbocycles. The second kappa shape index (κ2) is 7.03. The lowest BCUT2D eigenvalue weighted by Crippen LogP contribution is -2.43. The molecular formula is C11H24O4Si. The van der Waals surface area contributed by atoms with Gasteiger partial charge >= 0.3 is 14.5 Å². The summed E-state index contributed by atoms with van der Waals surface area (Å²) < 4.78 is 16.6. The smallest absolute Gasteiger partial charge is 0.338 e. The third kappa shape index (κ3) is 7.84. The minimum atomic E-state index is -2.22. The van der Waals surface area contributed by atoms with Crippen molar-refractivity contribution in [3.63, 3.8) is 0 Å². The van der Waals surface area contributed by atoms with Gasteiger partial charge in [0.25, 0.3) is 0 Å². The largest absolute Gasteiger partial charge is 0.466 e. The maximum atomic E-state index is 10.7. The van der Waals surface area contributed by atoms with Gasteiger partial charge in [-0.15, -0.1) is 0 Å². The number of esters is 1. The molecule has 0 aliphatic heterocycles. The zero-order valence-electron chi connectivity index (χ0n) is 11.2. The highest BCUT2D eigenvalue weighted by atomic mass is 28.4. The first-order chi connectivity index (χ1) is 7.25. The van der Waals surface area contributed by atoms with Crippen molar-refractivity contribution >= 4 is 14.5 Å². The molecule has 0 spiro atoms. The lowest BCUT2D eigenvalue weighted by atomic mass is 10.5. The highest BCUT2D eigenvalue weighted by Gasteiger charge is 2.33. The van der Waals surface area contributed by atoms with Crippen LogP contribution in [0, 0.1) is 0 Å². The van der Waals surface area contributed by atoms with Crippen LogP contribution in [0.25, 0.3) is 0 Å². The van der Waals surface area contributed by atoms with E-state index in [0.717, 1.165) is 0 Å². The van der Waals surface area contributed by atoms with Gasteiger partial charge in [-0.05, 0) is 34.2 Å². The summed E-state index contributed by atoms with van der Waals surface area (Å²) in [6, 6.07) is 0.670. The lowest BCUT2D eigenvalue weighted by molar-refractivity contribution is -0.140. The van der Waals surface area contributed by atoms with Crippen LogP contribution >= 0.6 is 0 Å². The highest BCUT2D eigenvalue weighted by molar-refractivity contribution is 6.66. The summed E-state index contributed by atoms with van der Waals surface area (Å²) in [7, 11) is -2.22. The minimum absolute atomic E-state index is 0.132. The van der Waals surface area contributed by atoms with Crippen LogP contribution in [0.2, 0.25) is 12.6 Å². The predicted octanol–water partition coefficient (Wildman–Crippen LogP) is 2.47. The Kier molecular flexibility index (Phi) is 6.86. The normalized spacial score (nSPS) is 12.2. The second-order valence-electron chi connectivity index (χ2n) is 4.56. The van der Waals surface area contributed by atoms with Gasteiger partial charge in [-0.25, -0.2) is 0 Å². The summed E-state index contributed by atoms with van der Waals surface area (Å²) in [5, 5.41) is 0. The van der Waals surface area contributed by atoms with E-state index in [2.05, 4.69) is 0 Å². The van der Waals surface area contributed by atoms with Crippen LogP contribution in [0.15, 0.2) is 0 Å². The van der Waals surface area contributed by atoms with Gasteiger partial charge in [0, 0.05) is 25.2 Å². The third-order valence-corrected chi connectivity index (χ3v) is 4.88. The van der Waals surface area contributed by atoms with E-state index < -0.39 is 8.56 Å².